The van der Waals surface area contributed by atoms with Gasteiger partial charge < -0.3 is 28.9 Å². The Morgan fingerprint density at radius 1 is 0.299 bits per heavy atom. The maximum atomic E-state index is 14.8. The number of benzene rings is 5. The highest BCUT2D eigenvalue weighted by Gasteiger charge is 2.42. The molecule has 0 bridgehead atoms. The van der Waals surface area contributed by atoms with Crippen LogP contribution >= 0.6 is 11.6 Å². The highest BCUT2D eigenvalue weighted by atomic mass is 35.5. The van der Waals surface area contributed by atoms with Crippen molar-refractivity contribution in [3.8, 4) is 0 Å². The summed E-state index contributed by atoms with van der Waals surface area (Å²) in [6.45, 7) is 43.9. The molecule has 144 heavy (non-hydrogen) atoms. The third-order valence-electron chi connectivity index (χ3n) is 31.7. The molecule has 0 amide bonds. The highest BCUT2D eigenvalue weighted by molar-refractivity contribution is 7.93. The van der Waals surface area contributed by atoms with Gasteiger partial charge in [-0.3, -0.25) is 0 Å². The molecule has 3 heterocycles. The zero-order valence-corrected chi connectivity index (χ0v) is 95.3. The molecule has 5 aromatic carbocycles. The summed E-state index contributed by atoms with van der Waals surface area (Å²) >= 11 is 6.66. The Morgan fingerprint density at radius 3 is 0.924 bits per heavy atom. The summed E-state index contributed by atoms with van der Waals surface area (Å²) in [7, 11) is -15.4. The fourth-order valence-electron chi connectivity index (χ4n) is 21.9. The lowest BCUT2D eigenvalue weighted by Gasteiger charge is -2.38. The van der Waals surface area contributed by atoms with E-state index >= 15 is 0 Å². The first kappa shape index (κ1) is 122. The fraction of sp³-hybridized carbons (Fsp3) is 0.737. The molecule has 0 unspecified atom stereocenters. The number of anilines is 3. The van der Waals surface area contributed by atoms with Crippen molar-refractivity contribution in [2.45, 2.75) is 405 Å². The monoisotopic (exact) mass is 2140 g/mol. The predicted octanol–water partition coefficient (Wildman–Crippen LogP) is 27.4. The van der Waals surface area contributed by atoms with Crippen LogP contribution in [-0.4, -0.2) is 170 Å². The Labute approximate surface area is 868 Å². The highest BCUT2D eigenvalue weighted by Crippen LogP contribution is 2.44. The van der Waals surface area contributed by atoms with Gasteiger partial charge in [-0.2, -0.15) is 13.2 Å². The third kappa shape index (κ3) is 37.1. The quantitative estimate of drug-likeness (QED) is 0.0337. The number of sulfone groups is 5. The van der Waals surface area contributed by atoms with Crippen LogP contribution in [0.5, 0.6) is 0 Å². The first-order valence-electron chi connectivity index (χ1n) is 53.7. The Morgan fingerprint density at radius 2 is 0.590 bits per heavy atom. The molecule has 0 radical (unpaired) electrons. The largest absolute Gasteiger partial charge is 0.416 e. The van der Waals surface area contributed by atoms with Gasteiger partial charge >= 0.3 is 6.18 Å². The molecule has 6 atom stereocenters. The lowest BCUT2D eigenvalue weighted by molar-refractivity contribution is -0.138. The Kier molecular flexibility index (Phi) is 44.6. The summed E-state index contributed by atoms with van der Waals surface area (Å²) in [5, 5.41) is 0.829. The van der Waals surface area contributed by atoms with Gasteiger partial charge in [-0.25, -0.2) is 64.0 Å². The van der Waals surface area contributed by atoms with Crippen LogP contribution in [-0.2, 0) is 102 Å². The number of hydrogen-bond acceptors (Lipinski definition) is 16. The van der Waals surface area contributed by atoms with Crippen LogP contribution in [0.4, 0.5) is 52.2 Å². The van der Waals surface area contributed by atoms with Crippen LogP contribution in [0.25, 0.3) is 0 Å². The van der Waals surface area contributed by atoms with Crippen molar-refractivity contribution in [2.75, 3.05) is 82.7 Å². The first-order chi connectivity index (χ1) is 66.7. The first-order valence-corrected chi connectivity index (χ1v) is 62.3. The molecule has 8 fully saturated rings. The second kappa shape index (κ2) is 52.5. The van der Waals surface area contributed by atoms with Crippen molar-refractivity contribution >= 4 is 77.8 Å². The number of ether oxygens (including phenoxy) is 3. The van der Waals surface area contributed by atoms with E-state index in [0.29, 0.717) is 77.6 Å². The lowest BCUT2D eigenvalue weighted by Crippen LogP contribution is -2.45. The van der Waals surface area contributed by atoms with Gasteiger partial charge in [-0.05, 0) is 409 Å². The van der Waals surface area contributed by atoms with E-state index in [4.69, 9.17) is 25.8 Å². The molecule has 5 aromatic rings. The number of nitrogens with zero attached hydrogens (tertiary/aromatic N) is 3. The molecule has 8 aliphatic rings. The van der Waals surface area contributed by atoms with Crippen molar-refractivity contribution in [1.82, 2.24) is 0 Å². The second-order valence-corrected chi connectivity index (χ2v) is 63.3. The molecule has 3 saturated heterocycles. The van der Waals surface area contributed by atoms with Crippen LogP contribution < -0.4 is 14.7 Å². The van der Waals surface area contributed by atoms with Crippen LogP contribution in [0.1, 0.15) is 339 Å². The Hall–Kier alpha value is -5.14. The summed E-state index contributed by atoms with van der Waals surface area (Å²) in [6.07, 6.45) is 24.4. The number of morpholine rings is 3. The number of hydrogen-bond donors (Lipinski definition) is 0. The summed E-state index contributed by atoms with van der Waals surface area (Å²) in [5.41, 5.74) is 6.36. The predicted molar refractivity (Wildman–Crippen MR) is 575 cm³/mol. The van der Waals surface area contributed by atoms with Crippen molar-refractivity contribution < 1.29 is 91.4 Å². The molecule has 13 rings (SSSR count). The molecular weight excluding hydrogens is 1970 g/mol. The van der Waals surface area contributed by atoms with Crippen molar-refractivity contribution in [3.63, 3.8) is 0 Å². The second-order valence-electron chi connectivity index (χ2n) is 48.9. The van der Waals surface area contributed by atoms with Gasteiger partial charge in [0.25, 0.3) is 0 Å². The lowest BCUT2D eigenvalue weighted by atomic mass is 9.80. The molecule has 5 saturated carbocycles. The van der Waals surface area contributed by atoms with E-state index in [2.05, 4.69) is 74.4 Å². The number of rotatable bonds is 28. The van der Waals surface area contributed by atoms with Gasteiger partial charge in [0.1, 0.15) is 11.6 Å². The van der Waals surface area contributed by atoms with Crippen LogP contribution in [0.2, 0.25) is 5.02 Å². The minimum atomic E-state index is -4.31. The maximum absolute atomic E-state index is 14.8. The van der Waals surface area contributed by atoms with Crippen molar-refractivity contribution in [1.29, 1.82) is 0 Å². The van der Waals surface area contributed by atoms with Gasteiger partial charge in [-0.1, -0.05) is 118 Å². The minimum Gasteiger partial charge on any atom is -0.372 e. The summed E-state index contributed by atoms with van der Waals surface area (Å²) in [5.74, 6) is 1.32. The van der Waals surface area contributed by atoms with Gasteiger partial charge in [-0.15, -0.1) is 0 Å². The third-order valence-corrected chi connectivity index (χ3v) is 45.9. The number of aryl methyl sites for hydroxylation is 5. The van der Waals surface area contributed by atoms with E-state index in [1.807, 2.05) is 39.0 Å². The van der Waals surface area contributed by atoms with E-state index in [1.54, 1.807) is 113 Å². The molecule has 30 heteroatoms. The molecule has 0 aromatic heterocycles. The van der Waals surface area contributed by atoms with Crippen LogP contribution in [0, 0.1) is 88.3 Å². The zero-order chi connectivity index (χ0) is 107. The Bertz CT molecular complexity index is 5450. The molecule has 3 aliphatic heterocycles. The molecule has 5 aliphatic carbocycles. The minimum absolute atomic E-state index is 0.116. The van der Waals surface area contributed by atoms with Crippen molar-refractivity contribution in [3.05, 3.63) is 158 Å². The average Bonchev–Trinajstić information content (AvgIpc) is 0.838. The summed E-state index contributed by atoms with van der Waals surface area (Å²) in [4.78, 5) is 6.81. The number of halogens is 9. The maximum Gasteiger partial charge on any atom is 0.416 e. The van der Waals surface area contributed by atoms with E-state index in [0.717, 1.165) is 252 Å². The topological polar surface area (TPSA) is 208 Å². The van der Waals surface area contributed by atoms with Gasteiger partial charge in [0, 0.05) is 50.6 Å². The van der Waals surface area contributed by atoms with Crippen molar-refractivity contribution in [2.24, 2.45) is 59.2 Å². The molecule has 818 valence electrons. The fourth-order valence-corrected chi connectivity index (χ4v) is 29.5. The smallest absolute Gasteiger partial charge is 0.372 e. The van der Waals surface area contributed by atoms with E-state index in [1.165, 1.54) is 23.3 Å². The molecule has 0 N–H and O–H groups in total. The van der Waals surface area contributed by atoms with Gasteiger partial charge in [0.05, 0.1) is 105 Å². The zero-order valence-electron chi connectivity index (χ0n) is 90.5. The molecule has 16 nitrogen and oxygen atoms in total. The van der Waals surface area contributed by atoms with E-state index < -0.39 is 102 Å². The van der Waals surface area contributed by atoms with Gasteiger partial charge in [0.15, 0.2) is 66.6 Å². The number of alkyl halides is 3. The van der Waals surface area contributed by atoms with E-state index in [9.17, 15) is 77.2 Å². The SMILES string of the molecule is CC(C)(C)S(=O)(=O)CC1CCC(CCc2ccc(F)c(F)c2F)CC1.CC(C)(C)S(=O)(=O)CC1CCC(CCc2ccccc2C(F)(F)F)CC1.C[C@@H]1CN(c2cc(F)ccc2CCC2CCC(CS(=O)(=O)C(C)(C)C)CC2)C[C@H](C)O1.C[C@@H]1CN(c2ccc(CCC3CCC(CS(=O)(=O)C(C)(C)C)CC3)c(F)c2)C[C@H](C)O1.C[C@@H]1CN(c2ccc(CCC3CCC(CS(=O)(=O)C(C)(C)C)CC3)cc2Cl)C[C@H](C)O1. The normalized spacial score (nSPS) is 26.0. The summed E-state index contributed by atoms with van der Waals surface area (Å²) < 4.78 is 246. The van der Waals surface area contributed by atoms with Gasteiger partial charge in [0.2, 0.25) is 0 Å². The average molecular weight is 2140 g/mol. The van der Waals surface area contributed by atoms with Crippen LogP contribution in [0.3, 0.4) is 0 Å². The molecular formula is C114H176ClF8N3O13S5. The Balaban J connectivity index is 0.000000201. The summed E-state index contributed by atoms with van der Waals surface area (Å²) in [6, 6.07) is 25.4. The van der Waals surface area contributed by atoms with Crippen LogP contribution in [0.15, 0.2) is 91.0 Å². The standard InChI is InChI=1S/C25H40ClNO3S.2C25H40FNO3S.C20H29F3O2S.C19H27F3O2S/c1-18-15-27(16-19(2)30-18)24-13-12-21(14-23(24)26)9-6-20-7-10-22(11-8-20)17-31(28,29)25(3,4)5;1-18-15-27(16-19(2)30-18)23-13-12-22(24(26)14-23)11-10-20-6-8-21(9-7-20)17-31(28,29)25(3,4)5;1-18-15-27(16-19(2)30-18)24-14-23(26)13-12-22(24)11-10-20-6-8-21(9-7-20)17-31(28,29)25(3,4)5;1-19(2,3)26(24,25)14-16-10-8-15(9-11-16)12-13-17-6-4-5-7-18(17)20(21,22)23;1-19(2,3)25(23,24)12-14-6-4-13(5-7-14)8-9-15-10-11-16(20)18(22)17(15)21/h12-14,18-20,22H,6-11,15-17H2,1-5H3;2*12-14,18-21H,6-11,15-17H2,1-5H3;4-7,15-16H,8-14H2,1-3H3;10-11,13-14H,4-9,12H2,1-3H3/t18-,19+,20?,22?;2*18-,19+,20?,21?;;. The molecule has 0 spiro atoms. The van der Waals surface area contributed by atoms with E-state index in [-0.39, 0.29) is 89.0 Å².